The number of nitrogens with two attached hydrogens (primary N) is 1. The second-order valence-corrected chi connectivity index (χ2v) is 12.5. The third kappa shape index (κ3) is 18.8. The first-order chi connectivity index (χ1) is 18.8. The molecule has 6 N–H and O–H groups in total. The van der Waals surface area contributed by atoms with Crippen LogP contribution in [0, 0.1) is 5.41 Å². The summed E-state index contributed by atoms with van der Waals surface area (Å²) in [5.74, 6) is 2.27. The maximum absolute atomic E-state index is 11.5. The summed E-state index contributed by atoms with van der Waals surface area (Å²) in [6.45, 7) is 18.6. The largest absolute Gasteiger partial charge is 0.399 e. The van der Waals surface area contributed by atoms with Crippen LogP contribution in [0.4, 0.5) is 10.5 Å². The molecule has 2 fully saturated rings. The van der Waals surface area contributed by atoms with Crippen molar-refractivity contribution in [3.8, 4) is 0 Å². The zero-order valence-corrected chi connectivity index (χ0v) is 26.8. The fourth-order valence-corrected chi connectivity index (χ4v) is 4.71. The van der Waals surface area contributed by atoms with Crippen molar-refractivity contribution in [2.24, 2.45) is 5.41 Å². The van der Waals surface area contributed by atoms with Gasteiger partial charge in [0.2, 0.25) is 12.3 Å². The lowest BCUT2D eigenvalue weighted by Crippen LogP contribution is -2.40. The molecule has 9 nitrogen and oxygen atoms in total. The molecule has 0 bridgehead atoms. The molecule has 4 amide bonds. The van der Waals surface area contributed by atoms with E-state index < -0.39 is 0 Å². The lowest BCUT2D eigenvalue weighted by atomic mass is 9.93. The van der Waals surface area contributed by atoms with E-state index in [1.807, 2.05) is 63.7 Å². The van der Waals surface area contributed by atoms with Gasteiger partial charge >= 0.3 is 6.03 Å². The van der Waals surface area contributed by atoms with Crippen LogP contribution in [0.3, 0.4) is 0 Å². The number of hydrogen-bond donors (Lipinski definition) is 5. The predicted molar refractivity (Wildman–Crippen MR) is 168 cm³/mol. The Morgan fingerprint density at radius 3 is 2.17 bits per heavy atom. The van der Waals surface area contributed by atoms with Gasteiger partial charge in [0.15, 0.2) is 0 Å². The van der Waals surface area contributed by atoms with Crippen LogP contribution >= 0.6 is 11.8 Å². The number of fused-ring (bicyclic) bond motifs is 1. The number of unbranched alkanes of at least 4 members (excludes halogenated alkanes) is 1. The fourth-order valence-electron chi connectivity index (χ4n) is 3.43. The van der Waals surface area contributed by atoms with Crippen LogP contribution < -0.4 is 27.0 Å². The van der Waals surface area contributed by atoms with Gasteiger partial charge in [0.1, 0.15) is 0 Å². The molecule has 0 aliphatic carbocycles. The Labute approximate surface area is 246 Å². The Morgan fingerprint density at radius 1 is 1.10 bits per heavy atom. The van der Waals surface area contributed by atoms with Crippen LogP contribution in [0.5, 0.6) is 0 Å². The zero-order chi connectivity index (χ0) is 30.6. The first kappa shape index (κ1) is 37.5. The summed E-state index contributed by atoms with van der Waals surface area (Å²) in [6.07, 6.45) is 4.33. The van der Waals surface area contributed by atoms with Gasteiger partial charge in [0, 0.05) is 43.3 Å². The first-order valence-electron chi connectivity index (χ1n) is 14.4. The minimum atomic E-state index is -0.285. The molecule has 3 rings (SSSR count). The van der Waals surface area contributed by atoms with Crippen LogP contribution in [0.25, 0.3) is 0 Å². The number of benzene rings is 1. The molecule has 0 aromatic heterocycles. The number of urea groups is 1. The molecule has 2 saturated heterocycles. The van der Waals surface area contributed by atoms with Crippen molar-refractivity contribution >= 4 is 35.8 Å². The van der Waals surface area contributed by atoms with Crippen molar-refractivity contribution in [2.75, 3.05) is 30.4 Å². The highest BCUT2D eigenvalue weighted by Crippen LogP contribution is 2.21. The highest BCUT2D eigenvalue weighted by molar-refractivity contribution is 7.99. The van der Waals surface area contributed by atoms with Crippen LogP contribution in [0.1, 0.15) is 86.6 Å². The van der Waals surface area contributed by atoms with Crippen molar-refractivity contribution < 1.29 is 19.1 Å². The van der Waals surface area contributed by atoms with Gasteiger partial charge in [-0.15, -0.1) is 0 Å². The van der Waals surface area contributed by atoms with Gasteiger partial charge in [-0.05, 0) is 49.8 Å². The van der Waals surface area contributed by atoms with Crippen molar-refractivity contribution in [2.45, 2.75) is 105 Å². The normalized spacial score (nSPS) is 17.2. The van der Waals surface area contributed by atoms with E-state index in [1.54, 1.807) is 0 Å². The molecule has 2 aliphatic rings. The molecule has 2 aliphatic heterocycles. The molecule has 1 aromatic rings. The van der Waals surface area contributed by atoms with E-state index in [1.165, 1.54) is 0 Å². The highest BCUT2D eigenvalue weighted by atomic mass is 32.2. The van der Waals surface area contributed by atoms with E-state index in [9.17, 15) is 14.4 Å². The molecule has 1 aromatic carbocycles. The van der Waals surface area contributed by atoms with Crippen LogP contribution in [0.2, 0.25) is 0 Å². The Kier molecular flexibility index (Phi) is 19.2. The SMILES string of the molecule is CC.CCCCC(=O)NCC(C)(C)OCCC(C)(C)C.Nc1ccc(CNC=O)cc1.O=C1NC2CSC[C@@H]2N1. The molecule has 0 saturated carbocycles. The fraction of sp³-hybridized carbons (Fsp3) is 0.700. The standard InChI is InChI=1S/C15H31NO2.C8H10N2O.C5H8N2OS.C2H6/c1-7-8-9-13(17)16-12-15(5,6)18-11-10-14(2,3)4;9-8-3-1-7(2-4-8)5-10-6-11;8-5-6-3-1-9-2-4(3)7-5;1-2/h7-12H2,1-6H3,(H,16,17);1-4,6H,5,9H2,(H,10,11);3-4H,1-2H2,(H2,6,7,8);1-2H3/t;;3-,4?;/m..0./s1. The number of carbonyl (C=O) groups excluding carboxylic acids is 3. The lowest BCUT2D eigenvalue weighted by molar-refractivity contribution is -0.123. The number of amides is 4. The molecule has 1 unspecified atom stereocenters. The van der Waals surface area contributed by atoms with Gasteiger partial charge in [-0.2, -0.15) is 11.8 Å². The monoisotopic (exact) mass is 581 g/mol. The van der Waals surface area contributed by atoms with E-state index >= 15 is 0 Å². The second-order valence-electron chi connectivity index (χ2n) is 11.4. The molecule has 0 spiro atoms. The summed E-state index contributed by atoms with van der Waals surface area (Å²) < 4.78 is 5.85. The number of ether oxygens (including phenoxy) is 1. The molecule has 2 atom stereocenters. The average molecular weight is 582 g/mol. The Hall–Kier alpha value is -2.46. The van der Waals surface area contributed by atoms with Crippen LogP contribution in [0.15, 0.2) is 24.3 Å². The third-order valence-corrected chi connectivity index (χ3v) is 7.09. The highest BCUT2D eigenvalue weighted by Gasteiger charge is 2.35. The number of hydrogen-bond acceptors (Lipinski definition) is 6. The van der Waals surface area contributed by atoms with E-state index in [4.69, 9.17) is 10.5 Å². The van der Waals surface area contributed by atoms with Gasteiger partial charge in [-0.1, -0.05) is 60.1 Å². The van der Waals surface area contributed by atoms with Crippen LogP contribution in [-0.2, 0) is 20.9 Å². The summed E-state index contributed by atoms with van der Waals surface area (Å²) in [5, 5.41) is 11.2. The predicted octanol–water partition coefficient (Wildman–Crippen LogP) is 4.85. The van der Waals surface area contributed by atoms with Gasteiger partial charge < -0.3 is 31.7 Å². The minimum absolute atomic E-state index is 0.00491. The Morgan fingerprint density at radius 2 is 1.68 bits per heavy atom. The van der Waals surface area contributed by atoms with E-state index in [0.29, 0.717) is 43.4 Å². The molecular formula is C30H55N5O4S. The molecular weight excluding hydrogens is 526 g/mol. The number of nitrogens with one attached hydrogen (secondary N) is 4. The zero-order valence-electron chi connectivity index (χ0n) is 26.0. The van der Waals surface area contributed by atoms with E-state index in [-0.39, 0.29) is 17.5 Å². The van der Waals surface area contributed by atoms with Gasteiger partial charge in [0.05, 0.1) is 17.7 Å². The Bertz CT molecular complexity index is 829. The van der Waals surface area contributed by atoms with E-state index in [2.05, 4.69) is 49.0 Å². The molecule has 10 heteroatoms. The quantitative estimate of drug-likeness (QED) is 0.144. The van der Waals surface area contributed by atoms with Gasteiger partial charge in [-0.3, -0.25) is 9.59 Å². The molecule has 0 radical (unpaired) electrons. The average Bonchev–Trinajstić information content (AvgIpc) is 3.48. The summed E-state index contributed by atoms with van der Waals surface area (Å²) >= 11 is 1.89. The summed E-state index contributed by atoms with van der Waals surface area (Å²) in [4.78, 5) is 32.0. The maximum Gasteiger partial charge on any atom is 0.315 e. The maximum atomic E-state index is 11.5. The number of thioether (sulfide) groups is 1. The molecule has 2 heterocycles. The van der Waals surface area contributed by atoms with Crippen molar-refractivity contribution in [1.29, 1.82) is 0 Å². The van der Waals surface area contributed by atoms with Crippen molar-refractivity contribution in [3.63, 3.8) is 0 Å². The number of carbonyl (C=O) groups is 3. The number of anilines is 1. The number of nitrogen functional groups attached to an aromatic ring is 1. The number of rotatable bonds is 11. The first-order valence-corrected chi connectivity index (χ1v) is 15.6. The topological polar surface area (TPSA) is 135 Å². The minimum Gasteiger partial charge on any atom is -0.399 e. The molecule has 230 valence electrons. The summed E-state index contributed by atoms with van der Waals surface area (Å²) in [5.41, 5.74) is 7.26. The van der Waals surface area contributed by atoms with Crippen molar-refractivity contribution in [3.05, 3.63) is 29.8 Å². The lowest BCUT2D eigenvalue weighted by Gasteiger charge is -2.28. The van der Waals surface area contributed by atoms with Crippen molar-refractivity contribution in [1.82, 2.24) is 21.3 Å². The molecule has 40 heavy (non-hydrogen) atoms. The smallest absolute Gasteiger partial charge is 0.315 e. The summed E-state index contributed by atoms with van der Waals surface area (Å²) in [6, 6.07) is 8.19. The summed E-state index contributed by atoms with van der Waals surface area (Å²) in [7, 11) is 0. The van der Waals surface area contributed by atoms with Gasteiger partial charge in [0.25, 0.3) is 0 Å². The van der Waals surface area contributed by atoms with E-state index in [0.717, 1.165) is 48.6 Å². The second kappa shape index (κ2) is 20.4. The third-order valence-electron chi connectivity index (χ3n) is 5.90. The Balaban J connectivity index is 0.000000585. The van der Waals surface area contributed by atoms with Gasteiger partial charge in [-0.25, -0.2) is 4.79 Å². The van der Waals surface area contributed by atoms with Crippen LogP contribution in [-0.4, -0.2) is 60.7 Å².